The number of furan rings is 1. The van der Waals surface area contributed by atoms with Gasteiger partial charge in [-0.15, -0.1) is 0 Å². The minimum Gasteiger partial charge on any atom is -0.467 e. The number of rotatable bonds is 7. The molecule has 180 valence electrons. The molecule has 0 bridgehead atoms. The molecule has 10 heteroatoms. The number of carbonyl (C=O) groups is 2. The van der Waals surface area contributed by atoms with Crippen molar-refractivity contribution in [1.29, 1.82) is 0 Å². The lowest BCUT2D eigenvalue weighted by atomic mass is 10.1. The first-order valence-corrected chi connectivity index (χ1v) is 10.9. The number of hydrogen-bond donors (Lipinski definition) is 1. The predicted molar refractivity (Wildman–Crippen MR) is 115 cm³/mol. The second-order valence-electron chi connectivity index (χ2n) is 8.84. The van der Waals surface area contributed by atoms with Crippen molar-refractivity contribution in [3.63, 3.8) is 0 Å². The third-order valence-electron chi connectivity index (χ3n) is 5.68. The molecule has 1 aliphatic rings. The molecule has 2 aromatic heterocycles. The molecule has 1 saturated carbocycles. The number of alkyl halides is 3. The molecule has 1 aliphatic carbocycles. The highest BCUT2D eigenvalue weighted by molar-refractivity contribution is 5.99. The quantitative estimate of drug-likeness (QED) is 0.658. The molecular weight excluding hydrogens is 439 g/mol. The van der Waals surface area contributed by atoms with Gasteiger partial charge in [0, 0.05) is 32.0 Å². The Balaban J connectivity index is 2.02. The van der Waals surface area contributed by atoms with Crippen LogP contribution in [0.2, 0.25) is 0 Å². The van der Waals surface area contributed by atoms with E-state index < -0.39 is 40.8 Å². The van der Waals surface area contributed by atoms with Crippen molar-refractivity contribution < 1.29 is 27.2 Å². The van der Waals surface area contributed by atoms with Crippen molar-refractivity contribution in [1.82, 2.24) is 14.8 Å². The summed E-state index contributed by atoms with van der Waals surface area (Å²) in [6.45, 7) is 4.21. The van der Waals surface area contributed by atoms with Crippen molar-refractivity contribution in [3.05, 3.63) is 57.9 Å². The number of pyridine rings is 1. The van der Waals surface area contributed by atoms with Gasteiger partial charge in [0.25, 0.3) is 11.8 Å². The van der Waals surface area contributed by atoms with Gasteiger partial charge in [0.2, 0.25) is 5.43 Å². The van der Waals surface area contributed by atoms with Gasteiger partial charge in [0.05, 0.1) is 6.26 Å². The van der Waals surface area contributed by atoms with E-state index in [1.807, 2.05) is 19.2 Å². The number of halogens is 3. The molecule has 33 heavy (non-hydrogen) atoms. The SMILES string of the molecule is CC(C)CN(C)C(=O)c1cn(C2CCCC2)cc(C(=O)N[C@H](c2ccco2)C(F)(F)F)c1=O. The van der Waals surface area contributed by atoms with Gasteiger partial charge in [-0.2, -0.15) is 13.2 Å². The molecular formula is C23H28F3N3O4. The Labute approximate surface area is 189 Å². The normalized spacial score (nSPS) is 15.6. The standard InChI is InChI=1S/C23H28F3N3O4/c1-14(2)11-28(3)22(32)17-13-29(15-7-4-5-8-15)12-16(19(17)30)21(31)27-20(23(24,25)26)18-9-6-10-33-18/h6,9-10,12-15,20H,4-5,7-8,11H2,1-3H3,(H,27,31)/t20-/m1/s1. The summed E-state index contributed by atoms with van der Waals surface area (Å²) in [6.07, 6.45) is 2.37. The van der Waals surface area contributed by atoms with Crippen LogP contribution in [-0.4, -0.2) is 41.1 Å². The lowest BCUT2D eigenvalue weighted by Gasteiger charge is -2.23. The molecule has 2 aromatic rings. The maximum atomic E-state index is 13.6. The molecule has 1 N–H and O–H groups in total. The van der Waals surface area contributed by atoms with Crippen LogP contribution in [0.5, 0.6) is 0 Å². The third kappa shape index (κ3) is 5.66. The van der Waals surface area contributed by atoms with Gasteiger partial charge in [-0.1, -0.05) is 26.7 Å². The Morgan fingerprint density at radius 3 is 2.39 bits per heavy atom. The number of amides is 2. The zero-order valence-electron chi connectivity index (χ0n) is 18.8. The number of nitrogens with zero attached hydrogens (tertiary/aromatic N) is 2. The third-order valence-corrected chi connectivity index (χ3v) is 5.68. The fraction of sp³-hybridized carbons (Fsp3) is 0.522. The largest absolute Gasteiger partial charge is 0.467 e. The highest BCUT2D eigenvalue weighted by Crippen LogP contribution is 2.33. The first-order chi connectivity index (χ1) is 15.5. The van der Waals surface area contributed by atoms with E-state index in [-0.39, 0.29) is 17.5 Å². The average Bonchev–Trinajstić information content (AvgIpc) is 3.44. The van der Waals surface area contributed by atoms with Crippen LogP contribution in [0.4, 0.5) is 13.2 Å². The highest BCUT2D eigenvalue weighted by Gasteiger charge is 2.44. The van der Waals surface area contributed by atoms with E-state index in [0.717, 1.165) is 38.0 Å². The van der Waals surface area contributed by atoms with Crippen LogP contribution in [0, 0.1) is 5.92 Å². The van der Waals surface area contributed by atoms with Crippen LogP contribution in [0.3, 0.4) is 0 Å². The van der Waals surface area contributed by atoms with E-state index in [9.17, 15) is 27.6 Å². The Morgan fingerprint density at radius 2 is 1.85 bits per heavy atom. The fourth-order valence-corrected chi connectivity index (χ4v) is 4.14. The second kappa shape index (κ2) is 9.84. The van der Waals surface area contributed by atoms with E-state index in [1.54, 1.807) is 11.6 Å². The van der Waals surface area contributed by atoms with Gasteiger partial charge in [-0.05, 0) is 30.9 Å². The van der Waals surface area contributed by atoms with E-state index in [2.05, 4.69) is 0 Å². The smallest absolute Gasteiger partial charge is 0.415 e. The van der Waals surface area contributed by atoms with Crippen LogP contribution in [0.1, 0.15) is 78.1 Å². The minimum absolute atomic E-state index is 0.0393. The summed E-state index contributed by atoms with van der Waals surface area (Å²) in [5.74, 6) is -2.15. The van der Waals surface area contributed by atoms with Crippen LogP contribution in [-0.2, 0) is 0 Å². The predicted octanol–water partition coefficient (Wildman–Crippen LogP) is 4.32. The molecule has 1 atom stereocenters. The number of carbonyl (C=O) groups excluding carboxylic acids is 2. The maximum absolute atomic E-state index is 13.6. The fourth-order valence-electron chi connectivity index (χ4n) is 4.14. The molecule has 0 saturated heterocycles. The molecule has 0 radical (unpaired) electrons. The summed E-state index contributed by atoms with van der Waals surface area (Å²) in [7, 11) is 1.55. The molecule has 0 aliphatic heterocycles. The Kier molecular flexibility index (Phi) is 7.34. The summed E-state index contributed by atoms with van der Waals surface area (Å²) >= 11 is 0. The minimum atomic E-state index is -4.84. The molecule has 7 nitrogen and oxygen atoms in total. The Hall–Kier alpha value is -3.04. The van der Waals surface area contributed by atoms with Crippen molar-refractivity contribution in [3.8, 4) is 0 Å². The zero-order chi connectivity index (χ0) is 24.3. The lowest BCUT2D eigenvalue weighted by Crippen LogP contribution is -2.41. The highest BCUT2D eigenvalue weighted by atomic mass is 19.4. The maximum Gasteiger partial charge on any atom is 0.415 e. The molecule has 0 unspecified atom stereocenters. The van der Waals surface area contributed by atoms with Crippen LogP contribution >= 0.6 is 0 Å². The van der Waals surface area contributed by atoms with E-state index >= 15 is 0 Å². The van der Waals surface area contributed by atoms with Crippen molar-refractivity contribution >= 4 is 11.8 Å². The van der Waals surface area contributed by atoms with Gasteiger partial charge in [0.1, 0.15) is 16.9 Å². The molecule has 2 heterocycles. The Bertz CT molecular complexity index is 1040. The topological polar surface area (TPSA) is 84.6 Å². The van der Waals surface area contributed by atoms with Crippen molar-refractivity contribution in [2.75, 3.05) is 13.6 Å². The summed E-state index contributed by atoms with van der Waals surface area (Å²) in [5, 5.41) is 1.87. The molecule has 0 aromatic carbocycles. The zero-order valence-corrected chi connectivity index (χ0v) is 18.8. The van der Waals surface area contributed by atoms with E-state index in [4.69, 9.17) is 4.42 Å². The van der Waals surface area contributed by atoms with Crippen LogP contribution in [0.25, 0.3) is 0 Å². The summed E-state index contributed by atoms with van der Waals surface area (Å²) in [5.41, 5.74) is -1.64. The molecule has 2 amide bonds. The van der Waals surface area contributed by atoms with Gasteiger partial charge in [-0.25, -0.2) is 0 Å². The lowest BCUT2D eigenvalue weighted by molar-refractivity contribution is -0.159. The van der Waals surface area contributed by atoms with Crippen LogP contribution < -0.4 is 10.7 Å². The van der Waals surface area contributed by atoms with Gasteiger partial charge < -0.3 is 19.2 Å². The average molecular weight is 467 g/mol. The molecule has 1 fully saturated rings. The summed E-state index contributed by atoms with van der Waals surface area (Å²) in [6, 6.07) is -0.0994. The number of hydrogen-bond acceptors (Lipinski definition) is 4. The first kappa shape index (κ1) is 24.6. The van der Waals surface area contributed by atoms with Crippen LogP contribution in [0.15, 0.2) is 40.0 Å². The molecule has 0 spiro atoms. The van der Waals surface area contributed by atoms with Crippen molar-refractivity contribution in [2.24, 2.45) is 5.92 Å². The summed E-state index contributed by atoms with van der Waals surface area (Å²) in [4.78, 5) is 40.4. The number of nitrogens with one attached hydrogen (secondary N) is 1. The Morgan fingerprint density at radius 1 is 1.21 bits per heavy atom. The van der Waals surface area contributed by atoms with Gasteiger partial charge >= 0.3 is 6.18 Å². The second-order valence-corrected chi connectivity index (χ2v) is 8.84. The van der Waals surface area contributed by atoms with Gasteiger partial charge in [-0.3, -0.25) is 14.4 Å². The first-order valence-electron chi connectivity index (χ1n) is 10.9. The summed E-state index contributed by atoms with van der Waals surface area (Å²) < 4.78 is 47.3. The monoisotopic (exact) mass is 467 g/mol. The van der Waals surface area contributed by atoms with Crippen molar-refractivity contribution in [2.45, 2.75) is 57.8 Å². The molecule has 3 rings (SSSR count). The van der Waals surface area contributed by atoms with E-state index in [1.165, 1.54) is 23.4 Å². The number of aromatic nitrogens is 1. The van der Waals surface area contributed by atoms with Gasteiger partial charge in [0.15, 0.2) is 6.04 Å². The van der Waals surface area contributed by atoms with E-state index in [0.29, 0.717) is 6.54 Å².